The molecular formula is C20H20N4S. The van der Waals surface area contributed by atoms with Crippen LogP contribution in [0.5, 0.6) is 0 Å². The van der Waals surface area contributed by atoms with Gasteiger partial charge in [-0.1, -0.05) is 42.1 Å². The van der Waals surface area contributed by atoms with Gasteiger partial charge in [0.1, 0.15) is 5.65 Å². The first-order valence-electron chi connectivity index (χ1n) is 8.34. The molecule has 0 saturated carbocycles. The van der Waals surface area contributed by atoms with Gasteiger partial charge >= 0.3 is 0 Å². The van der Waals surface area contributed by atoms with Crippen molar-refractivity contribution in [2.45, 2.75) is 31.2 Å². The van der Waals surface area contributed by atoms with Crippen LogP contribution >= 0.6 is 11.8 Å². The monoisotopic (exact) mass is 348 g/mol. The zero-order valence-electron chi connectivity index (χ0n) is 14.5. The third-order valence-electron chi connectivity index (χ3n) is 4.25. The van der Waals surface area contributed by atoms with Crippen molar-refractivity contribution in [3.05, 3.63) is 71.8 Å². The number of rotatable bonds is 4. The lowest BCUT2D eigenvalue weighted by molar-refractivity contribution is 0.993. The maximum Gasteiger partial charge on any atom is 0.166 e. The number of nitrogens with zero attached hydrogens (tertiary/aromatic N) is 3. The summed E-state index contributed by atoms with van der Waals surface area (Å²) in [5.74, 6) is 0. The quantitative estimate of drug-likeness (QED) is 0.516. The Balaban J connectivity index is 1.57. The molecule has 0 radical (unpaired) electrons. The summed E-state index contributed by atoms with van der Waals surface area (Å²) in [5.41, 5.74) is 6.60. The molecule has 3 aromatic heterocycles. The maximum atomic E-state index is 4.80. The lowest BCUT2D eigenvalue weighted by Gasteiger charge is -2.04. The van der Waals surface area contributed by atoms with Crippen molar-refractivity contribution in [3.63, 3.8) is 0 Å². The number of hydrogen-bond donors (Lipinski definition) is 1. The fourth-order valence-corrected chi connectivity index (χ4v) is 3.83. The third kappa shape index (κ3) is 3.20. The molecule has 25 heavy (non-hydrogen) atoms. The number of aromatic nitrogens is 4. The van der Waals surface area contributed by atoms with E-state index in [0.29, 0.717) is 0 Å². The topological polar surface area (TPSA) is 46.0 Å². The Morgan fingerprint density at radius 3 is 2.68 bits per heavy atom. The molecule has 0 bridgehead atoms. The second-order valence-electron chi connectivity index (χ2n) is 6.29. The minimum atomic E-state index is 0.217. The number of aromatic amines is 1. The number of aryl methyl sites for hydroxylation is 2. The zero-order chi connectivity index (χ0) is 17.4. The second-order valence-corrected chi connectivity index (χ2v) is 7.61. The Bertz CT molecular complexity index is 1020. The molecule has 0 aliphatic carbocycles. The number of hydrogen-bond acceptors (Lipinski definition) is 3. The van der Waals surface area contributed by atoms with E-state index in [9.17, 15) is 0 Å². The van der Waals surface area contributed by atoms with Crippen LogP contribution < -0.4 is 0 Å². The number of fused-ring (bicyclic) bond motifs is 1. The van der Waals surface area contributed by atoms with Gasteiger partial charge in [0.15, 0.2) is 5.16 Å². The highest BCUT2D eigenvalue weighted by atomic mass is 32.2. The summed E-state index contributed by atoms with van der Waals surface area (Å²) in [6, 6.07) is 14.5. The normalized spacial score (nSPS) is 12.6. The highest BCUT2D eigenvalue weighted by molar-refractivity contribution is 7.99. The Morgan fingerprint density at radius 1 is 1.08 bits per heavy atom. The molecule has 4 rings (SSSR count). The first kappa shape index (κ1) is 16.0. The molecule has 0 aliphatic heterocycles. The van der Waals surface area contributed by atoms with Gasteiger partial charge < -0.3 is 9.38 Å². The predicted octanol–water partition coefficient (Wildman–Crippen LogP) is 5.19. The fourth-order valence-electron chi connectivity index (χ4n) is 2.99. The van der Waals surface area contributed by atoms with Crippen LogP contribution in [0.2, 0.25) is 0 Å². The Kier molecular flexibility index (Phi) is 4.09. The highest BCUT2D eigenvalue weighted by Gasteiger charge is 2.15. The van der Waals surface area contributed by atoms with E-state index in [2.05, 4.69) is 60.6 Å². The number of H-pyrrole nitrogens is 1. The van der Waals surface area contributed by atoms with Crippen molar-refractivity contribution in [2.75, 3.05) is 0 Å². The predicted molar refractivity (Wildman–Crippen MR) is 103 cm³/mol. The van der Waals surface area contributed by atoms with Gasteiger partial charge in [-0.15, -0.1) is 0 Å². The highest BCUT2D eigenvalue weighted by Crippen LogP contribution is 2.33. The smallest absolute Gasteiger partial charge is 0.166 e. The van der Waals surface area contributed by atoms with E-state index in [4.69, 9.17) is 9.97 Å². The molecule has 1 atom stereocenters. The molecule has 1 unspecified atom stereocenters. The largest absolute Gasteiger partial charge is 0.339 e. The molecule has 0 spiro atoms. The minimum Gasteiger partial charge on any atom is -0.339 e. The Hall–Kier alpha value is -2.53. The molecular weight excluding hydrogens is 328 g/mol. The summed E-state index contributed by atoms with van der Waals surface area (Å²) >= 11 is 1.69. The SMILES string of the molecule is Cc1cc(C)n2cc(C(C)Sc3nc(-c4ccccc4)c[nH]3)nc2c1. The first-order valence-corrected chi connectivity index (χ1v) is 9.22. The van der Waals surface area contributed by atoms with Crippen molar-refractivity contribution < 1.29 is 0 Å². The molecule has 4 aromatic rings. The minimum absolute atomic E-state index is 0.217. The van der Waals surface area contributed by atoms with E-state index < -0.39 is 0 Å². The first-order chi connectivity index (χ1) is 12.1. The van der Waals surface area contributed by atoms with Crippen molar-refractivity contribution in [1.82, 2.24) is 19.4 Å². The number of imidazole rings is 2. The molecule has 126 valence electrons. The van der Waals surface area contributed by atoms with Gasteiger partial charge in [-0.25, -0.2) is 9.97 Å². The van der Waals surface area contributed by atoms with Crippen LogP contribution in [-0.4, -0.2) is 19.4 Å². The van der Waals surface area contributed by atoms with Crippen molar-refractivity contribution >= 4 is 17.4 Å². The van der Waals surface area contributed by atoms with Gasteiger partial charge in [0.25, 0.3) is 0 Å². The van der Waals surface area contributed by atoms with Gasteiger partial charge in [-0.3, -0.25) is 0 Å². The Morgan fingerprint density at radius 2 is 1.88 bits per heavy atom. The molecule has 1 aromatic carbocycles. The molecule has 3 heterocycles. The molecule has 0 fully saturated rings. The van der Waals surface area contributed by atoms with Crippen molar-refractivity contribution in [3.8, 4) is 11.3 Å². The number of benzene rings is 1. The zero-order valence-corrected chi connectivity index (χ0v) is 15.3. The average Bonchev–Trinajstić information content (AvgIpc) is 3.22. The summed E-state index contributed by atoms with van der Waals surface area (Å²) < 4.78 is 2.15. The molecule has 4 nitrogen and oxygen atoms in total. The summed E-state index contributed by atoms with van der Waals surface area (Å²) in [6.45, 7) is 6.38. The van der Waals surface area contributed by atoms with Crippen LogP contribution in [0.3, 0.4) is 0 Å². The molecule has 5 heteroatoms. The van der Waals surface area contributed by atoms with E-state index in [-0.39, 0.29) is 5.25 Å². The lowest BCUT2D eigenvalue weighted by atomic mass is 10.2. The van der Waals surface area contributed by atoms with Crippen LogP contribution in [-0.2, 0) is 0 Å². The number of pyridine rings is 1. The van der Waals surface area contributed by atoms with Crippen molar-refractivity contribution in [1.29, 1.82) is 0 Å². The van der Waals surface area contributed by atoms with E-state index in [1.165, 1.54) is 11.3 Å². The average molecular weight is 348 g/mol. The summed E-state index contributed by atoms with van der Waals surface area (Å²) in [5, 5.41) is 1.13. The summed E-state index contributed by atoms with van der Waals surface area (Å²) in [4.78, 5) is 12.8. The molecule has 1 N–H and O–H groups in total. The van der Waals surface area contributed by atoms with Gasteiger partial charge in [0, 0.05) is 23.7 Å². The standard InChI is InChI=1S/C20H20N4S/c1-13-9-14(2)24-12-18(22-19(24)10-13)15(3)25-20-21-11-17(23-20)16-7-5-4-6-8-16/h4-12,15H,1-3H3,(H,21,23). The van der Waals surface area contributed by atoms with Crippen LogP contribution in [0.1, 0.15) is 29.1 Å². The Labute approximate surface area is 151 Å². The molecule has 0 amide bonds. The van der Waals surface area contributed by atoms with Crippen LogP contribution in [0.4, 0.5) is 0 Å². The summed E-state index contributed by atoms with van der Waals surface area (Å²) in [7, 11) is 0. The van der Waals surface area contributed by atoms with Gasteiger partial charge in [-0.05, 0) is 38.5 Å². The van der Waals surface area contributed by atoms with E-state index in [0.717, 1.165) is 27.8 Å². The maximum absolute atomic E-state index is 4.80. The van der Waals surface area contributed by atoms with Gasteiger partial charge in [-0.2, -0.15) is 0 Å². The summed E-state index contributed by atoms with van der Waals surface area (Å²) in [6.07, 6.45) is 4.09. The van der Waals surface area contributed by atoms with Gasteiger partial charge in [0.2, 0.25) is 0 Å². The molecule has 0 aliphatic rings. The second kappa shape index (κ2) is 6.41. The van der Waals surface area contributed by atoms with E-state index in [1.807, 2.05) is 24.4 Å². The fraction of sp³-hybridized carbons (Fsp3) is 0.200. The van der Waals surface area contributed by atoms with Crippen LogP contribution in [0.25, 0.3) is 16.9 Å². The number of nitrogens with one attached hydrogen (secondary N) is 1. The van der Waals surface area contributed by atoms with Crippen molar-refractivity contribution in [2.24, 2.45) is 0 Å². The lowest BCUT2D eigenvalue weighted by Crippen LogP contribution is -1.90. The molecule has 0 saturated heterocycles. The van der Waals surface area contributed by atoms with Crippen LogP contribution in [0.15, 0.2) is 60.0 Å². The number of thioether (sulfide) groups is 1. The van der Waals surface area contributed by atoms with Gasteiger partial charge in [0.05, 0.1) is 16.6 Å². The van der Waals surface area contributed by atoms with E-state index in [1.54, 1.807) is 11.8 Å². The third-order valence-corrected chi connectivity index (χ3v) is 5.28. The van der Waals surface area contributed by atoms with E-state index >= 15 is 0 Å². The van der Waals surface area contributed by atoms with Crippen LogP contribution in [0, 0.1) is 13.8 Å².